The molecular weight excluding hydrogens is 411 g/mol. The number of ether oxygens (including phenoxy) is 2. The fourth-order valence-electron chi connectivity index (χ4n) is 3.62. The Hall–Kier alpha value is -3.68. The quantitative estimate of drug-likeness (QED) is 0.590. The number of anilines is 1. The number of piperazine rings is 1. The lowest BCUT2D eigenvalue weighted by atomic mass is 10.1. The highest BCUT2D eigenvalue weighted by atomic mass is 19.1. The fraction of sp³-hybridized carbons (Fsp3) is 0.292. The highest BCUT2D eigenvalue weighted by Gasteiger charge is 2.26. The van der Waals surface area contributed by atoms with Crippen molar-refractivity contribution in [3.8, 4) is 22.8 Å². The maximum absolute atomic E-state index is 13.3. The van der Waals surface area contributed by atoms with E-state index in [1.54, 1.807) is 31.1 Å². The molecule has 166 valence electrons. The van der Waals surface area contributed by atoms with Gasteiger partial charge in [0.15, 0.2) is 11.9 Å². The summed E-state index contributed by atoms with van der Waals surface area (Å²) in [6, 6.07) is 17.4. The molecular formula is C24H25FN4O3. The predicted octanol–water partition coefficient (Wildman–Crippen LogP) is 3.41. The third-order valence-corrected chi connectivity index (χ3v) is 5.41. The Bertz CT molecular complexity index is 1050. The topological polar surface area (TPSA) is 67.8 Å². The van der Waals surface area contributed by atoms with Gasteiger partial charge in [-0.3, -0.25) is 4.79 Å². The van der Waals surface area contributed by atoms with E-state index in [2.05, 4.69) is 15.1 Å². The Morgan fingerprint density at radius 2 is 1.72 bits per heavy atom. The summed E-state index contributed by atoms with van der Waals surface area (Å²) in [6.45, 7) is 4.09. The van der Waals surface area contributed by atoms with Crippen molar-refractivity contribution in [3.05, 3.63) is 66.5 Å². The lowest BCUT2D eigenvalue weighted by Crippen LogP contribution is -2.52. The largest absolute Gasteiger partial charge is 0.497 e. The van der Waals surface area contributed by atoms with Crippen molar-refractivity contribution >= 4 is 11.7 Å². The molecule has 1 aliphatic heterocycles. The average molecular weight is 436 g/mol. The number of carbonyl (C=O) groups is 1. The Labute approximate surface area is 186 Å². The van der Waals surface area contributed by atoms with E-state index < -0.39 is 11.9 Å². The van der Waals surface area contributed by atoms with E-state index in [1.165, 1.54) is 12.1 Å². The molecule has 0 aliphatic carbocycles. The van der Waals surface area contributed by atoms with Gasteiger partial charge in [0.05, 0.1) is 12.8 Å². The fourth-order valence-corrected chi connectivity index (χ4v) is 3.62. The molecule has 7 nitrogen and oxygen atoms in total. The third-order valence-electron chi connectivity index (χ3n) is 5.41. The zero-order valence-corrected chi connectivity index (χ0v) is 18.1. The molecule has 1 saturated heterocycles. The normalized spacial score (nSPS) is 14.7. The number of nitrogens with zero attached hydrogens (tertiary/aromatic N) is 4. The Morgan fingerprint density at radius 3 is 2.34 bits per heavy atom. The summed E-state index contributed by atoms with van der Waals surface area (Å²) in [5, 5.41) is 8.72. The molecule has 1 atom stereocenters. The van der Waals surface area contributed by atoms with Crippen LogP contribution in [0, 0.1) is 5.82 Å². The van der Waals surface area contributed by atoms with E-state index in [4.69, 9.17) is 9.47 Å². The van der Waals surface area contributed by atoms with Crippen molar-refractivity contribution in [1.29, 1.82) is 0 Å². The van der Waals surface area contributed by atoms with Crippen LogP contribution in [0.1, 0.15) is 6.92 Å². The lowest BCUT2D eigenvalue weighted by Gasteiger charge is -2.36. The Balaban J connectivity index is 1.32. The molecule has 2 aromatic carbocycles. The maximum atomic E-state index is 13.3. The lowest BCUT2D eigenvalue weighted by molar-refractivity contribution is -0.138. The highest BCUT2D eigenvalue weighted by Crippen LogP contribution is 2.22. The second-order valence-corrected chi connectivity index (χ2v) is 7.54. The molecule has 0 unspecified atom stereocenters. The number of carbonyl (C=O) groups excluding carboxylic acids is 1. The molecule has 32 heavy (non-hydrogen) atoms. The SMILES string of the molecule is COc1ccc(-c2ccc(N3CCN(C(=O)[C@@H](C)Oc4cccc(F)c4)CC3)nn2)cc1. The number of methoxy groups -OCH3 is 1. The van der Waals surface area contributed by atoms with Gasteiger partial charge in [0, 0.05) is 37.8 Å². The summed E-state index contributed by atoms with van der Waals surface area (Å²) in [5.41, 5.74) is 1.75. The van der Waals surface area contributed by atoms with Gasteiger partial charge >= 0.3 is 0 Å². The minimum atomic E-state index is -0.688. The zero-order chi connectivity index (χ0) is 22.5. The first-order chi connectivity index (χ1) is 15.5. The molecule has 3 aromatic rings. The Kier molecular flexibility index (Phi) is 6.49. The minimum Gasteiger partial charge on any atom is -0.497 e. The molecule has 4 rings (SSSR count). The molecule has 2 heterocycles. The molecule has 0 N–H and O–H groups in total. The monoisotopic (exact) mass is 436 g/mol. The summed E-state index contributed by atoms with van der Waals surface area (Å²) in [4.78, 5) is 16.6. The third kappa shape index (κ3) is 4.96. The molecule has 1 fully saturated rings. The molecule has 1 aliphatic rings. The van der Waals surface area contributed by atoms with Gasteiger partial charge in [-0.15, -0.1) is 10.2 Å². The summed E-state index contributed by atoms with van der Waals surface area (Å²) in [6.07, 6.45) is -0.688. The minimum absolute atomic E-state index is 0.116. The smallest absolute Gasteiger partial charge is 0.263 e. The van der Waals surface area contributed by atoms with Crippen molar-refractivity contribution in [2.75, 3.05) is 38.2 Å². The van der Waals surface area contributed by atoms with Crippen LogP contribution in [0.3, 0.4) is 0 Å². The number of benzene rings is 2. The molecule has 8 heteroatoms. The maximum Gasteiger partial charge on any atom is 0.263 e. The van der Waals surface area contributed by atoms with Crippen LogP contribution in [0.25, 0.3) is 11.3 Å². The van der Waals surface area contributed by atoms with Gasteiger partial charge in [0.25, 0.3) is 5.91 Å². The van der Waals surface area contributed by atoms with Crippen molar-refractivity contribution in [3.63, 3.8) is 0 Å². The predicted molar refractivity (Wildman–Crippen MR) is 119 cm³/mol. The number of aromatic nitrogens is 2. The van der Waals surface area contributed by atoms with Crippen LogP contribution >= 0.6 is 0 Å². The zero-order valence-electron chi connectivity index (χ0n) is 18.1. The van der Waals surface area contributed by atoms with E-state index in [1.807, 2.05) is 36.4 Å². The van der Waals surface area contributed by atoms with Crippen LogP contribution in [0.2, 0.25) is 0 Å². The first kappa shape index (κ1) is 21.5. The first-order valence-electron chi connectivity index (χ1n) is 10.5. The summed E-state index contributed by atoms with van der Waals surface area (Å²) in [7, 11) is 1.63. The van der Waals surface area contributed by atoms with Gasteiger partial charge in [-0.05, 0) is 55.5 Å². The highest BCUT2D eigenvalue weighted by molar-refractivity contribution is 5.81. The average Bonchev–Trinajstić information content (AvgIpc) is 2.84. The van der Waals surface area contributed by atoms with Crippen molar-refractivity contribution < 1.29 is 18.7 Å². The van der Waals surface area contributed by atoms with Crippen molar-refractivity contribution in [1.82, 2.24) is 15.1 Å². The molecule has 1 amide bonds. The van der Waals surface area contributed by atoms with Crippen LogP contribution in [0.5, 0.6) is 11.5 Å². The number of halogens is 1. The summed E-state index contributed by atoms with van der Waals surface area (Å²) < 4.78 is 24.1. The number of hydrogen-bond acceptors (Lipinski definition) is 6. The van der Waals surface area contributed by atoms with E-state index in [0.717, 1.165) is 22.8 Å². The van der Waals surface area contributed by atoms with Gasteiger partial charge in [0.2, 0.25) is 0 Å². The van der Waals surface area contributed by atoms with Crippen molar-refractivity contribution in [2.24, 2.45) is 0 Å². The molecule has 1 aromatic heterocycles. The van der Waals surface area contributed by atoms with Gasteiger partial charge in [-0.1, -0.05) is 6.07 Å². The van der Waals surface area contributed by atoms with E-state index in [9.17, 15) is 9.18 Å². The van der Waals surface area contributed by atoms with E-state index >= 15 is 0 Å². The number of hydrogen-bond donors (Lipinski definition) is 0. The van der Waals surface area contributed by atoms with Gasteiger partial charge in [-0.2, -0.15) is 0 Å². The standard InChI is InChI=1S/C24H25FN4O3/c1-17(32-21-5-3-4-19(25)16-21)24(30)29-14-12-28(13-15-29)23-11-10-22(26-27-23)18-6-8-20(31-2)9-7-18/h3-11,16-17H,12-15H2,1-2H3/t17-/m1/s1. The molecule has 0 saturated carbocycles. The first-order valence-corrected chi connectivity index (χ1v) is 10.5. The van der Waals surface area contributed by atoms with Crippen LogP contribution in [0.4, 0.5) is 10.2 Å². The number of amides is 1. The second kappa shape index (κ2) is 9.64. The molecule has 0 bridgehead atoms. The van der Waals surface area contributed by atoms with Gasteiger partial charge < -0.3 is 19.3 Å². The summed E-state index contributed by atoms with van der Waals surface area (Å²) in [5.74, 6) is 1.40. The van der Waals surface area contributed by atoms with Gasteiger partial charge in [0.1, 0.15) is 17.3 Å². The van der Waals surface area contributed by atoms with Crippen LogP contribution in [-0.2, 0) is 4.79 Å². The van der Waals surface area contributed by atoms with Crippen LogP contribution in [-0.4, -0.2) is 60.4 Å². The van der Waals surface area contributed by atoms with Crippen LogP contribution < -0.4 is 14.4 Å². The summed E-state index contributed by atoms with van der Waals surface area (Å²) >= 11 is 0. The number of rotatable bonds is 6. The molecule has 0 spiro atoms. The second-order valence-electron chi connectivity index (χ2n) is 7.54. The van der Waals surface area contributed by atoms with E-state index in [-0.39, 0.29) is 5.91 Å². The molecule has 0 radical (unpaired) electrons. The van der Waals surface area contributed by atoms with Crippen molar-refractivity contribution in [2.45, 2.75) is 13.0 Å². The van der Waals surface area contributed by atoms with Gasteiger partial charge in [-0.25, -0.2) is 4.39 Å². The van der Waals surface area contributed by atoms with Crippen LogP contribution in [0.15, 0.2) is 60.7 Å². The Morgan fingerprint density at radius 1 is 0.969 bits per heavy atom. The van der Waals surface area contributed by atoms with E-state index in [0.29, 0.717) is 31.9 Å².